The molecule has 1 aliphatic rings. The number of benzene rings is 1. The molecule has 0 bridgehead atoms. The van der Waals surface area contributed by atoms with Gasteiger partial charge in [-0.1, -0.05) is 6.07 Å². The van der Waals surface area contributed by atoms with Crippen molar-refractivity contribution in [2.75, 3.05) is 23.3 Å². The van der Waals surface area contributed by atoms with Crippen molar-refractivity contribution < 1.29 is 4.79 Å². The molecule has 1 amide bonds. The number of rotatable bonds is 4. The van der Waals surface area contributed by atoms with Crippen LogP contribution in [0.25, 0.3) is 5.69 Å². The number of nitrogens with one attached hydrogen (secondary N) is 1. The predicted octanol–water partition coefficient (Wildman–Crippen LogP) is 1.91. The van der Waals surface area contributed by atoms with Gasteiger partial charge in [0.05, 0.1) is 11.3 Å². The number of anilines is 2. The third-order valence-corrected chi connectivity index (χ3v) is 4.15. The van der Waals surface area contributed by atoms with Crippen molar-refractivity contribution in [3.63, 3.8) is 0 Å². The number of carbonyl (C=O) groups is 1. The van der Waals surface area contributed by atoms with Crippen molar-refractivity contribution in [1.82, 2.24) is 25.2 Å². The Morgan fingerprint density at radius 2 is 2.00 bits per heavy atom. The minimum Gasteiger partial charge on any atom is -0.356 e. The largest absolute Gasteiger partial charge is 0.356 e. The first kappa shape index (κ1) is 15.3. The van der Waals surface area contributed by atoms with E-state index in [1.807, 2.05) is 24.3 Å². The molecular formula is C17H17N7O. The van der Waals surface area contributed by atoms with E-state index in [0.717, 1.165) is 37.4 Å². The van der Waals surface area contributed by atoms with E-state index in [1.165, 1.54) is 11.0 Å². The third-order valence-electron chi connectivity index (χ3n) is 4.15. The van der Waals surface area contributed by atoms with Crippen LogP contribution in [0.15, 0.2) is 48.9 Å². The van der Waals surface area contributed by atoms with Gasteiger partial charge < -0.3 is 10.2 Å². The highest BCUT2D eigenvalue weighted by Crippen LogP contribution is 2.23. The first-order chi connectivity index (χ1) is 12.3. The minimum atomic E-state index is -0.177. The van der Waals surface area contributed by atoms with Crippen molar-refractivity contribution in [3.8, 4) is 5.69 Å². The van der Waals surface area contributed by atoms with E-state index in [1.54, 1.807) is 18.3 Å². The SMILES string of the molecule is O=C(Nc1cccc(-n2cnnn2)c1)c1cccnc1N1CCCC1. The Bertz CT molecular complexity index is 872. The molecule has 1 fully saturated rings. The standard InChI is InChI=1S/C17H17N7O/c25-17(15-7-4-8-18-16(15)23-9-1-2-10-23)20-13-5-3-6-14(11-13)24-12-19-21-22-24/h3-8,11-12H,1-2,9-10H2,(H,20,25). The van der Waals surface area contributed by atoms with E-state index in [4.69, 9.17) is 0 Å². The molecule has 3 aromatic rings. The van der Waals surface area contributed by atoms with Gasteiger partial charge in [0.25, 0.3) is 5.91 Å². The molecule has 3 heterocycles. The van der Waals surface area contributed by atoms with Gasteiger partial charge in [-0.25, -0.2) is 9.67 Å². The fourth-order valence-corrected chi connectivity index (χ4v) is 2.96. The number of nitrogens with zero attached hydrogens (tertiary/aromatic N) is 6. The van der Waals surface area contributed by atoms with Crippen LogP contribution in [0.2, 0.25) is 0 Å². The lowest BCUT2D eigenvalue weighted by atomic mass is 10.2. The highest BCUT2D eigenvalue weighted by atomic mass is 16.1. The molecule has 8 nitrogen and oxygen atoms in total. The Morgan fingerprint density at radius 1 is 1.12 bits per heavy atom. The number of hydrogen-bond acceptors (Lipinski definition) is 6. The molecule has 1 saturated heterocycles. The summed E-state index contributed by atoms with van der Waals surface area (Å²) in [6.45, 7) is 1.87. The predicted molar refractivity (Wildman–Crippen MR) is 92.8 cm³/mol. The average molecular weight is 335 g/mol. The van der Waals surface area contributed by atoms with E-state index >= 15 is 0 Å². The second-order valence-electron chi connectivity index (χ2n) is 5.83. The number of aromatic nitrogens is 5. The lowest BCUT2D eigenvalue weighted by Crippen LogP contribution is -2.24. The van der Waals surface area contributed by atoms with Gasteiger partial charge >= 0.3 is 0 Å². The lowest BCUT2D eigenvalue weighted by molar-refractivity contribution is 0.102. The Kier molecular flexibility index (Phi) is 4.07. The van der Waals surface area contributed by atoms with Gasteiger partial charge in [-0.2, -0.15) is 0 Å². The molecule has 0 atom stereocenters. The summed E-state index contributed by atoms with van der Waals surface area (Å²) in [5.74, 6) is 0.568. The summed E-state index contributed by atoms with van der Waals surface area (Å²) in [7, 11) is 0. The van der Waals surface area contributed by atoms with Crippen molar-refractivity contribution in [2.24, 2.45) is 0 Å². The summed E-state index contributed by atoms with van der Waals surface area (Å²) in [5, 5.41) is 14.0. The zero-order valence-electron chi connectivity index (χ0n) is 13.5. The minimum absolute atomic E-state index is 0.177. The molecule has 1 aromatic carbocycles. The van der Waals surface area contributed by atoms with E-state index in [9.17, 15) is 4.79 Å². The van der Waals surface area contributed by atoms with Crippen molar-refractivity contribution in [1.29, 1.82) is 0 Å². The Labute approximate surface area is 144 Å². The van der Waals surface area contributed by atoms with Gasteiger partial charge in [0.2, 0.25) is 0 Å². The van der Waals surface area contributed by atoms with Crippen LogP contribution in [0.4, 0.5) is 11.5 Å². The Balaban J connectivity index is 1.58. The van der Waals surface area contributed by atoms with Crippen molar-refractivity contribution in [2.45, 2.75) is 12.8 Å². The lowest BCUT2D eigenvalue weighted by Gasteiger charge is -2.19. The summed E-state index contributed by atoms with van der Waals surface area (Å²) in [6, 6.07) is 11.0. The van der Waals surface area contributed by atoms with Crippen LogP contribution in [0.3, 0.4) is 0 Å². The number of pyridine rings is 1. The average Bonchev–Trinajstić information content (AvgIpc) is 3.36. The van der Waals surface area contributed by atoms with Gasteiger partial charge in [0.1, 0.15) is 12.1 Å². The smallest absolute Gasteiger partial charge is 0.259 e. The van der Waals surface area contributed by atoms with Crippen molar-refractivity contribution >= 4 is 17.4 Å². The maximum atomic E-state index is 12.8. The Hall–Kier alpha value is -3.29. The molecule has 0 unspecified atom stereocenters. The van der Waals surface area contributed by atoms with Crippen LogP contribution < -0.4 is 10.2 Å². The number of hydrogen-bond donors (Lipinski definition) is 1. The summed E-state index contributed by atoms with van der Waals surface area (Å²) in [5.41, 5.74) is 2.03. The summed E-state index contributed by atoms with van der Waals surface area (Å²) >= 11 is 0. The second kappa shape index (κ2) is 6.68. The molecule has 0 spiro atoms. The van der Waals surface area contributed by atoms with Crippen LogP contribution in [-0.2, 0) is 0 Å². The summed E-state index contributed by atoms with van der Waals surface area (Å²) in [4.78, 5) is 19.3. The van der Waals surface area contributed by atoms with Crippen LogP contribution in [-0.4, -0.2) is 44.2 Å². The highest BCUT2D eigenvalue weighted by Gasteiger charge is 2.20. The monoisotopic (exact) mass is 335 g/mol. The fraction of sp³-hybridized carbons (Fsp3) is 0.235. The first-order valence-electron chi connectivity index (χ1n) is 8.16. The zero-order chi connectivity index (χ0) is 17.1. The second-order valence-corrected chi connectivity index (χ2v) is 5.83. The number of amides is 1. The molecule has 0 radical (unpaired) electrons. The number of carbonyl (C=O) groups excluding carboxylic acids is 1. The van der Waals surface area contributed by atoms with Crippen LogP contribution in [0.1, 0.15) is 23.2 Å². The maximum absolute atomic E-state index is 12.8. The quantitative estimate of drug-likeness (QED) is 0.783. The van der Waals surface area contributed by atoms with E-state index in [2.05, 4.69) is 30.7 Å². The van der Waals surface area contributed by atoms with E-state index < -0.39 is 0 Å². The molecule has 1 N–H and O–H groups in total. The summed E-state index contributed by atoms with van der Waals surface area (Å²) < 4.78 is 1.54. The van der Waals surface area contributed by atoms with Crippen LogP contribution in [0, 0.1) is 0 Å². The Morgan fingerprint density at radius 3 is 2.80 bits per heavy atom. The molecule has 25 heavy (non-hydrogen) atoms. The molecule has 4 rings (SSSR count). The normalized spacial score (nSPS) is 13.8. The van der Waals surface area contributed by atoms with Crippen molar-refractivity contribution in [3.05, 3.63) is 54.5 Å². The fourth-order valence-electron chi connectivity index (χ4n) is 2.96. The molecule has 126 valence electrons. The van der Waals surface area contributed by atoms with Crippen LogP contribution >= 0.6 is 0 Å². The molecular weight excluding hydrogens is 318 g/mol. The van der Waals surface area contributed by atoms with Gasteiger partial charge in [-0.05, 0) is 53.6 Å². The molecule has 2 aromatic heterocycles. The van der Waals surface area contributed by atoms with Crippen LogP contribution in [0.5, 0.6) is 0 Å². The first-order valence-corrected chi connectivity index (χ1v) is 8.16. The van der Waals surface area contributed by atoms with Gasteiger partial charge in [0.15, 0.2) is 0 Å². The van der Waals surface area contributed by atoms with Gasteiger partial charge in [-0.15, -0.1) is 5.10 Å². The third kappa shape index (κ3) is 3.18. The van der Waals surface area contributed by atoms with Gasteiger partial charge in [-0.3, -0.25) is 4.79 Å². The van der Waals surface area contributed by atoms with E-state index in [0.29, 0.717) is 11.3 Å². The van der Waals surface area contributed by atoms with Gasteiger partial charge in [0, 0.05) is 25.0 Å². The summed E-state index contributed by atoms with van der Waals surface area (Å²) in [6.07, 6.45) is 5.49. The molecule has 0 saturated carbocycles. The highest BCUT2D eigenvalue weighted by molar-refractivity contribution is 6.07. The van der Waals surface area contributed by atoms with E-state index in [-0.39, 0.29) is 5.91 Å². The number of tetrazole rings is 1. The molecule has 8 heteroatoms. The molecule has 1 aliphatic heterocycles. The maximum Gasteiger partial charge on any atom is 0.259 e. The molecule has 0 aliphatic carbocycles. The topological polar surface area (TPSA) is 88.8 Å². The zero-order valence-corrected chi connectivity index (χ0v) is 13.5.